The lowest BCUT2D eigenvalue weighted by Gasteiger charge is -2.15. The van der Waals surface area contributed by atoms with E-state index in [-0.39, 0.29) is 11.3 Å². The first-order valence-corrected chi connectivity index (χ1v) is 5.89. The molecule has 5 heteroatoms. The number of carbonyl (C=O) groups is 1. The molecule has 1 aromatic rings. The Bertz CT molecular complexity index is 456. The fraction of sp³-hybridized carbons (Fsp3) is 0.462. The van der Waals surface area contributed by atoms with E-state index < -0.39 is 0 Å². The molecule has 1 aromatic carbocycles. The standard InChI is InChI=1S/C13H18N2O3/c1-17-9-3-4-11(18-2)10(7-9)15-12(16)13(8-14)5-6-13/h3-4,7H,5-6,8,14H2,1-2H3,(H,15,16). The van der Waals surface area contributed by atoms with Crippen molar-refractivity contribution in [3.05, 3.63) is 18.2 Å². The molecule has 0 aliphatic heterocycles. The van der Waals surface area contributed by atoms with E-state index >= 15 is 0 Å². The topological polar surface area (TPSA) is 73.6 Å². The van der Waals surface area contributed by atoms with Crippen molar-refractivity contribution in [1.29, 1.82) is 0 Å². The van der Waals surface area contributed by atoms with E-state index in [1.165, 1.54) is 0 Å². The Morgan fingerprint density at radius 1 is 1.39 bits per heavy atom. The SMILES string of the molecule is COc1ccc(OC)c(NC(=O)C2(CN)CC2)c1. The maximum Gasteiger partial charge on any atom is 0.231 e. The van der Waals surface area contributed by atoms with Crippen molar-refractivity contribution in [2.75, 3.05) is 26.1 Å². The minimum Gasteiger partial charge on any atom is -0.497 e. The van der Waals surface area contributed by atoms with Crippen molar-refractivity contribution < 1.29 is 14.3 Å². The molecule has 98 valence electrons. The van der Waals surface area contributed by atoms with Crippen LogP contribution in [0.15, 0.2) is 18.2 Å². The first-order valence-electron chi connectivity index (χ1n) is 5.89. The van der Waals surface area contributed by atoms with Gasteiger partial charge in [0.15, 0.2) is 0 Å². The summed E-state index contributed by atoms with van der Waals surface area (Å²) < 4.78 is 10.3. The summed E-state index contributed by atoms with van der Waals surface area (Å²) in [7, 11) is 3.14. The van der Waals surface area contributed by atoms with Gasteiger partial charge in [0.25, 0.3) is 0 Å². The minimum absolute atomic E-state index is 0.0449. The number of hydrogen-bond acceptors (Lipinski definition) is 4. The third-order valence-electron chi connectivity index (χ3n) is 3.38. The van der Waals surface area contributed by atoms with Gasteiger partial charge in [-0.25, -0.2) is 0 Å². The highest BCUT2D eigenvalue weighted by Gasteiger charge is 2.48. The summed E-state index contributed by atoms with van der Waals surface area (Å²) in [5, 5.41) is 2.87. The zero-order chi connectivity index (χ0) is 13.2. The fourth-order valence-corrected chi connectivity index (χ4v) is 1.84. The molecule has 1 amide bonds. The second-order valence-electron chi connectivity index (χ2n) is 4.50. The molecule has 0 radical (unpaired) electrons. The number of carbonyl (C=O) groups excluding carboxylic acids is 1. The number of rotatable bonds is 5. The monoisotopic (exact) mass is 250 g/mol. The van der Waals surface area contributed by atoms with Gasteiger partial charge in [0.1, 0.15) is 11.5 Å². The minimum atomic E-state index is -0.381. The van der Waals surface area contributed by atoms with E-state index in [1.807, 2.05) is 0 Å². The van der Waals surface area contributed by atoms with Crippen molar-refractivity contribution in [3.63, 3.8) is 0 Å². The summed E-state index contributed by atoms with van der Waals surface area (Å²) in [6.07, 6.45) is 1.70. The summed E-state index contributed by atoms with van der Waals surface area (Å²) in [4.78, 5) is 12.1. The average molecular weight is 250 g/mol. The van der Waals surface area contributed by atoms with E-state index in [9.17, 15) is 4.79 Å². The highest BCUT2D eigenvalue weighted by Crippen LogP contribution is 2.46. The van der Waals surface area contributed by atoms with E-state index in [0.717, 1.165) is 12.8 Å². The van der Waals surface area contributed by atoms with Crippen molar-refractivity contribution in [1.82, 2.24) is 0 Å². The Balaban J connectivity index is 2.19. The molecule has 1 saturated carbocycles. The summed E-state index contributed by atoms with van der Waals surface area (Å²) in [6, 6.07) is 5.28. The smallest absolute Gasteiger partial charge is 0.231 e. The number of amides is 1. The van der Waals surface area contributed by atoms with Crippen LogP contribution in [-0.2, 0) is 4.79 Å². The number of methoxy groups -OCH3 is 2. The maximum atomic E-state index is 12.1. The van der Waals surface area contributed by atoms with Crippen molar-refractivity contribution in [2.45, 2.75) is 12.8 Å². The van der Waals surface area contributed by atoms with Crippen LogP contribution in [0.3, 0.4) is 0 Å². The highest BCUT2D eigenvalue weighted by molar-refractivity contribution is 5.98. The lowest BCUT2D eigenvalue weighted by Crippen LogP contribution is -2.30. The van der Waals surface area contributed by atoms with Crippen LogP contribution in [0.2, 0.25) is 0 Å². The van der Waals surface area contributed by atoms with Crippen LogP contribution in [-0.4, -0.2) is 26.7 Å². The highest BCUT2D eigenvalue weighted by atomic mass is 16.5. The van der Waals surface area contributed by atoms with E-state index in [2.05, 4.69) is 5.32 Å². The van der Waals surface area contributed by atoms with Crippen LogP contribution in [0, 0.1) is 5.41 Å². The molecule has 0 saturated heterocycles. The summed E-state index contributed by atoms with van der Waals surface area (Å²) in [5.74, 6) is 1.23. The molecular weight excluding hydrogens is 232 g/mol. The second kappa shape index (κ2) is 4.86. The van der Waals surface area contributed by atoms with Gasteiger partial charge in [-0.3, -0.25) is 4.79 Å². The van der Waals surface area contributed by atoms with E-state index in [0.29, 0.717) is 23.7 Å². The summed E-state index contributed by atoms with van der Waals surface area (Å²) in [6.45, 7) is 0.380. The molecule has 5 nitrogen and oxygen atoms in total. The zero-order valence-electron chi connectivity index (χ0n) is 10.7. The Hall–Kier alpha value is -1.75. The van der Waals surface area contributed by atoms with Gasteiger partial charge in [0, 0.05) is 12.6 Å². The normalized spacial score (nSPS) is 15.9. The molecule has 0 bridgehead atoms. The van der Waals surface area contributed by atoms with Crippen LogP contribution in [0.1, 0.15) is 12.8 Å². The maximum absolute atomic E-state index is 12.1. The van der Waals surface area contributed by atoms with Crippen LogP contribution in [0.4, 0.5) is 5.69 Å². The lowest BCUT2D eigenvalue weighted by molar-refractivity contribution is -0.120. The first kappa shape index (κ1) is 12.7. The molecule has 0 unspecified atom stereocenters. The van der Waals surface area contributed by atoms with Crippen LogP contribution in [0.5, 0.6) is 11.5 Å². The Morgan fingerprint density at radius 3 is 2.61 bits per heavy atom. The van der Waals surface area contributed by atoms with Gasteiger partial charge in [0.2, 0.25) is 5.91 Å². The zero-order valence-corrected chi connectivity index (χ0v) is 10.7. The Kier molecular flexibility index (Phi) is 3.43. The number of nitrogens with one attached hydrogen (secondary N) is 1. The fourth-order valence-electron chi connectivity index (χ4n) is 1.84. The van der Waals surface area contributed by atoms with Gasteiger partial charge in [0.05, 0.1) is 25.3 Å². The lowest BCUT2D eigenvalue weighted by atomic mass is 10.1. The average Bonchev–Trinajstić information content (AvgIpc) is 3.19. The Labute approximate surface area is 106 Å². The molecule has 18 heavy (non-hydrogen) atoms. The van der Waals surface area contributed by atoms with Gasteiger partial charge in [-0.2, -0.15) is 0 Å². The number of anilines is 1. The molecule has 1 aliphatic rings. The van der Waals surface area contributed by atoms with Gasteiger partial charge < -0.3 is 20.5 Å². The molecule has 1 aliphatic carbocycles. The molecule has 2 rings (SSSR count). The molecule has 1 fully saturated rings. The third-order valence-corrected chi connectivity index (χ3v) is 3.38. The molecular formula is C13H18N2O3. The first-order chi connectivity index (χ1) is 8.65. The van der Waals surface area contributed by atoms with Crippen molar-refractivity contribution in [3.8, 4) is 11.5 Å². The molecule has 3 N–H and O–H groups in total. The molecule has 0 spiro atoms. The largest absolute Gasteiger partial charge is 0.497 e. The molecule has 0 atom stereocenters. The number of hydrogen-bond donors (Lipinski definition) is 2. The predicted octanol–water partition coefficient (Wildman–Crippen LogP) is 1.38. The van der Waals surface area contributed by atoms with E-state index in [4.69, 9.17) is 15.2 Å². The molecule has 0 heterocycles. The van der Waals surface area contributed by atoms with Crippen LogP contribution >= 0.6 is 0 Å². The van der Waals surface area contributed by atoms with Gasteiger partial charge in [-0.05, 0) is 25.0 Å². The van der Waals surface area contributed by atoms with Gasteiger partial charge >= 0.3 is 0 Å². The van der Waals surface area contributed by atoms with Gasteiger partial charge in [-0.1, -0.05) is 0 Å². The predicted molar refractivity (Wildman–Crippen MR) is 68.9 cm³/mol. The molecule has 0 aromatic heterocycles. The second-order valence-corrected chi connectivity index (χ2v) is 4.50. The van der Waals surface area contributed by atoms with Crippen molar-refractivity contribution in [2.24, 2.45) is 11.1 Å². The van der Waals surface area contributed by atoms with Crippen molar-refractivity contribution >= 4 is 11.6 Å². The number of nitrogens with two attached hydrogens (primary N) is 1. The van der Waals surface area contributed by atoms with E-state index in [1.54, 1.807) is 32.4 Å². The number of benzene rings is 1. The van der Waals surface area contributed by atoms with Crippen LogP contribution < -0.4 is 20.5 Å². The van der Waals surface area contributed by atoms with Gasteiger partial charge in [-0.15, -0.1) is 0 Å². The quantitative estimate of drug-likeness (QED) is 0.828. The van der Waals surface area contributed by atoms with Crippen LogP contribution in [0.25, 0.3) is 0 Å². The summed E-state index contributed by atoms with van der Waals surface area (Å²) >= 11 is 0. The summed E-state index contributed by atoms with van der Waals surface area (Å²) in [5.41, 5.74) is 5.86. The third kappa shape index (κ3) is 2.26. The Morgan fingerprint density at radius 2 is 2.11 bits per heavy atom. The number of ether oxygens (including phenoxy) is 2.